The predicted octanol–water partition coefficient (Wildman–Crippen LogP) is 2.27. The van der Waals surface area contributed by atoms with E-state index in [1.54, 1.807) is 0 Å². The van der Waals surface area contributed by atoms with Gasteiger partial charge in [-0.2, -0.15) is 23.5 Å². The Labute approximate surface area is 94.6 Å². The Hall–Kier alpha value is 0.0400. The van der Waals surface area contributed by atoms with Gasteiger partial charge in [0.2, 0.25) is 0 Å². The summed E-state index contributed by atoms with van der Waals surface area (Å²) in [6, 6.07) is 0. The fourth-order valence-corrected chi connectivity index (χ4v) is 2.20. The highest BCUT2D eigenvalue weighted by Crippen LogP contribution is 2.14. The molecule has 0 saturated carbocycles. The molecule has 2 nitrogen and oxygen atoms in total. The molecule has 4 heteroatoms. The molecule has 1 atom stereocenters. The first-order chi connectivity index (χ1) is 6.65. The largest absolute Gasteiger partial charge is 0.299 e. The number of carbonyl (C=O) groups is 2. The van der Waals surface area contributed by atoms with Crippen LogP contribution in [0.15, 0.2) is 0 Å². The number of hydrogen-bond acceptors (Lipinski definition) is 4. The maximum Gasteiger partial charge on any atom is 0.146 e. The van der Waals surface area contributed by atoms with E-state index in [-0.39, 0.29) is 17.5 Å². The summed E-state index contributed by atoms with van der Waals surface area (Å²) in [5.74, 6) is 1.42. The average molecular weight is 234 g/mol. The zero-order chi connectivity index (χ0) is 11.0. The average Bonchev–Trinajstić information content (AvgIpc) is 2.15. The van der Waals surface area contributed by atoms with Crippen molar-refractivity contribution in [1.82, 2.24) is 0 Å². The molecule has 14 heavy (non-hydrogen) atoms. The molecule has 0 fully saturated rings. The lowest BCUT2D eigenvalue weighted by molar-refractivity contribution is -0.125. The Kier molecular flexibility index (Phi) is 8.38. The normalized spacial score (nSPS) is 12.5. The van der Waals surface area contributed by atoms with Crippen molar-refractivity contribution < 1.29 is 9.59 Å². The summed E-state index contributed by atoms with van der Waals surface area (Å²) in [6.07, 6.45) is 5.02. The molecule has 0 aliphatic carbocycles. The van der Waals surface area contributed by atoms with Crippen molar-refractivity contribution in [3.63, 3.8) is 0 Å². The topological polar surface area (TPSA) is 34.1 Å². The summed E-state index contributed by atoms with van der Waals surface area (Å²) < 4.78 is 0. The quantitative estimate of drug-likeness (QED) is 0.645. The van der Waals surface area contributed by atoms with Crippen LogP contribution in [0.1, 0.15) is 19.8 Å². The number of carbonyl (C=O) groups excluding carboxylic acids is 2. The van der Waals surface area contributed by atoms with Gasteiger partial charge in [-0.1, -0.05) is 6.92 Å². The van der Waals surface area contributed by atoms with Gasteiger partial charge in [0.15, 0.2) is 0 Å². The van der Waals surface area contributed by atoms with Crippen LogP contribution in [0.4, 0.5) is 0 Å². The standard InChI is InChI=1S/C10H18O2S2/c1-4-8(10(12)7-14-3)5-9(11)6-13-2/h8H,4-7H2,1-3H3. The molecule has 0 saturated heterocycles. The predicted molar refractivity (Wildman–Crippen MR) is 65.2 cm³/mol. The lowest BCUT2D eigenvalue weighted by Gasteiger charge is -2.11. The van der Waals surface area contributed by atoms with Gasteiger partial charge in [0, 0.05) is 12.3 Å². The molecule has 1 unspecified atom stereocenters. The summed E-state index contributed by atoms with van der Waals surface area (Å²) in [4.78, 5) is 22.9. The molecule has 0 aliphatic heterocycles. The van der Waals surface area contributed by atoms with Crippen LogP contribution in [0, 0.1) is 5.92 Å². The van der Waals surface area contributed by atoms with E-state index in [9.17, 15) is 9.59 Å². The Morgan fingerprint density at radius 1 is 1.14 bits per heavy atom. The molecule has 0 rings (SSSR count). The van der Waals surface area contributed by atoms with Gasteiger partial charge < -0.3 is 0 Å². The summed E-state index contributed by atoms with van der Waals surface area (Å²) in [5, 5.41) is 0. The van der Waals surface area contributed by atoms with Crippen LogP contribution in [0.3, 0.4) is 0 Å². The van der Waals surface area contributed by atoms with Crippen molar-refractivity contribution in [2.45, 2.75) is 19.8 Å². The van der Waals surface area contributed by atoms with E-state index >= 15 is 0 Å². The SMILES string of the molecule is CCC(CC(=O)CSC)C(=O)CSC. The van der Waals surface area contributed by atoms with Gasteiger partial charge in [-0.15, -0.1) is 0 Å². The first-order valence-corrected chi connectivity index (χ1v) is 7.46. The number of thioether (sulfide) groups is 2. The maximum atomic E-state index is 11.5. The minimum absolute atomic E-state index is 0.0536. The van der Waals surface area contributed by atoms with E-state index in [2.05, 4.69) is 0 Å². The van der Waals surface area contributed by atoms with E-state index in [1.165, 1.54) is 23.5 Å². The lowest BCUT2D eigenvalue weighted by Crippen LogP contribution is -2.20. The molecule has 0 radical (unpaired) electrons. The third-order valence-electron chi connectivity index (χ3n) is 2.01. The number of Topliss-reactive ketones (excluding diaryl/α,β-unsaturated/α-hetero) is 2. The minimum atomic E-state index is -0.0536. The molecular formula is C10H18O2S2. The highest BCUT2D eigenvalue weighted by atomic mass is 32.2. The molecule has 0 aromatic rings. The van der Waals surface area contributed by atoms with Gasteiger partial charge >= 0.3 is 0 Å². The monoisotopic (exact) mass is 234 g/mol. The van der Waals surface area contributed by atoms with Crippen LogP contribution in [-0.2, 0) is 9.59 Å². The van der Waals surface area contributed by atoms with Crippen LogP contribution >= 0.6 is 23.5 Å². The second-order valence-corrected chi connectivity index (χ2v) is 4.91. The van der Waals surface area contributed by atoms with E-state index in [0.717, 1.165) is 6.42 Å². The smallest absolute Gasteiger partial charge is 0.146 e. The van der Waals surface area contributed by atoms with Crippen LogP contribution in [0.5, 0.6) is 0 Å². The Morgan fingerprint density at radius 2 is 1.71 bits per heavy atom. The molecule has 82 valence electrons. The third kappa shape index (κ3) is 5.70. The van der Waals surface area contributed by atoms with Crippen LogP contribution < -0.4 is 0 Å². The number of ketones is 2. The first-order valence-electron chi connectivity index (χ1n) is 4.68. The van der Waals surface area contributed by atoms with Gasteiger partial charge in [0.25, 0.3) is 0 Å². The Bertz CT molecular complexity index is 193. The van der Waals surface area contributed by atoms with Crippen molar-refractivity contribution in [2.75, 3.05) is 24.0 Å². The molecule has 0 aromatic carbocycles. The minimum Gasteiger partial charge on any atom is -0.299 e. The Balaban J connectivity index is 4.01. The van der Waals surface area contributed by atoms with E-state index in [4.69, 9.17) is 0 Å². The zero-order valence-corrected chi connectivity index (χ0v) is 10.7. The summed E-state index contributed by atoms with van der Waals surface area (Å²) in [5.41, 5.74) is 0. The Morgan fingerprint density at radius 3 is 2.14 bits per heavy atom. The molecule has 0 spiro atoms. The van der Waals surface area contributed by atoms with Crippen LogP contribution in [0.25, 0.3) is 0 Å². The fourth-order valence-electron chi connectivity index (χ4n) is 1.24. The summed E-state index contributed by atoms with van der Waals surface area (Å²) >= 11 is 3.05. The zero-order valence-electron chi connectivity index (χ0n) is 9.04. The van der Waals surface area contributed by atoms with E-state index in [0.29, 0.717) is 17.9 Å². The molecular weight excluding hydrogens is 216 g/mol. The van der Waals surface area contributed by atoms with Crippen molar-refractivity contribution in [2.24, 2.45) is 5.92 Å². The highest BCUT2D eigenvalue weighted by molar-refractivity contribution is 7.99. The second kappa shape index (κ2) is 8.36. The number of rotatable bonds is 8. The van der Waals surface area contributed by atoms with Crippen LogP contribution in [-0.4, -0.2) is 35.6 Å². The maximum absolute atomic E-state index is 11.5. The van der Waals surface area contributed by atoms with Gasteiger partial charge in [0.05, 0.1) is 11.5 Å². The van der Waals surface area contributed by atoms with Gasteiger partial charge in [-0.25, -0.2) is 0 Å². The second-order valence-electron chi connectivity index (χ2n) is 3.18. The summed E-state index contributed by atoms with van der Waals surface area (Å²) in [6.45, 7) is 1.97. The third-order valence-corrected chi connectivity index (χ3v) is 3.20. The van der Waals surface area contributed by atoms with Crippen molar-refractivity contribution >= 4 is 35.1 Å². The molecule has 0 aliphatic rings. The molecule has 0 N–H and O–H groups in total. The molecule has 0 amide bonds. The molecule has 0 heterocycles. The van der Waals surface area contributed by atoms with Crippen molar-refractivity contribution in [3.8, 4) is 0 Å². The highest BCUT2D eigenvalue weighted by Gasteiger charge is 2.18. The molecule has 0 bridgehead atoms. The fraction of sp³-hybridized carbons (Fsp3) is 0.800. The van der Waals surface area contributed by atoms with Crippen molar-refractivity contribution in [1.29, 1.82) is 0 Å². The van der Waals surface area contributed by atoms with Crippen LogP contribution in [0.2, 0.25) is 0 Å². The van der Waals surface area contributed by atoms with Crippen molar-refractivity contribution in [3.05, 3.63) is 0 Å². The van der Waals surface area contributed by atoms with Gasteiger partial charge in [-0.05, 0) is 18.9 Å². The van der Waals surface area contributed by atoms with Gasteiger partial charge in [-0.3, -0.25) is 9.59 Å². The summed E-state index contributed by atoms with van der Waals surface area (Å²) in [7, 11) is 0. The lowest BCUT2D eigenvalue weighted by atomic mass is 9.96. The molecule has 0 aromatic heterocycles. The first kappa shape index (κ1) is 14.0. The van der Waals surface area contributed by atoms with E-state index < -0.39 is 0 Å². The number of hydrogen-bond donors (Lipinski definition) is 0. The van der Waals surface area contributed by atoms with Gasteiger partial charge in [0.1, 0.15) is 11.6 Å². The van der Waals surface area contributed by atoms with E-state index in [1.807, 2.05) is 19.4 Å².